The molecule has 3 aromatic rings. The Morgan fingerprint density at radius 2 is 1.43 bits per heavy atom. The molecule has 0 saturated heterocycles. The standard InChI is InChI=1S/C25H25Cl2N3O4S/c1-18(25(32)28-2)29(16-19-8-10-20(26)11-9-19)24(31)17-30(22-14-12-21(27)13-15-22)35(33,34)23-6-4-3-5-7-23/h3-15,18H,16-17H2,1-2H3,(H,28,32)/t18-/m0/s1. The minimum absolute atomic E-state index is 0.0337. The normalized spacial score (nSPS) is 12.0. The summed E-state index contributed by atoms with van der Waals surface area (Å²) in [4.78, 5) is 27.4. The summed E-state index contributed by atoms with van der Waals surface area (Å²) in [6, 6.07) is 20.0. The number of likely N-dealkylation sites (N-methyl/N-ethyl adjacent to an activating group) is 1. The van der Waals surface area contributed by atoms with Crippen LogP contribution >= 0.6 is 23.2 Å². The number of carbonyl (C=O) groups is 2. The largest absolute Gasteiger partial charge is 0.357 e. The molecule has 7 nitrogen and oxygen atoms in total. The lowest BCUT2D eigenvalue weighted by molar-refractivity contribution is -0.139. The highest BCUT2D eigenvalue weighted by Crippen LogP contribution is 2.26. The highest BCUT2D eigenvalue weighted by molar-refractivity contribution is 7.92. The third-order valence-corrected chi connectivity index (χ3v) is 7.70. The molecular formula is C25H25Cl2N3O4S. The van der Waals surface area contributed by atoms with Crippen molar-refractivity contribution < 1.29 is 18.0 Å². The smallest absolute Gasteiger partial charge is 0.264 e. The minimum Gasteiger partial charge on any atom is -0.357 e. The van der Waals surface area contributed by atoms with Gasteiger partial charge in [0, 0.05) is 23.6 Å². The van der Waals surface area contributed by atoms with Crippen molar-refractivity contribution in [1.29, 1.82) is 0 Å². The van der Waals surface area contributed by atoms with Crippen LogP contribution in [0.4, 0.5) is 5.69 Å². The molecule has 0 aliphatic rings. The predicted molar refractivity (Wildman–Crippen MR) is 138 cm³/mol. The van der Waals surface area contributed by atoms with Gasteiger partial charge in [-0.25, -0.2) is 8.42 Å². The Morgan fingerprint density at radius 3 is 1.97 bits per heavy atom. The van der Waals surface area contributed by atoms with Crippen molar-refractivity contribution in [1.82, 2.24) is 10.2 Å². The molecule has 0 radical (unpaired) electrons. The number of nitrogens with one attached hydrogen (secondary N) is 1. The first-order valence-electron chi connectivity index (χ1n) is 10.7. The fourth-order valence-corrected chi connectivity index (χ4v) is 5.12. The van der Waals surface area contributed by atoms with E-state index >= 15 is 0 Å². The van der Waals surface area contributed by atoms with Crippen molar-refractivity contribution in [3.8, 4) is 0 Å². The van der Waals surface area contributed by atoms with Crippen LogP contribution in [0.15, 0.2) is 83.8 Å². The van der Waals surface area contributed by atoms with Crippen LogP contribution in [0.5, 0.6) is 0 Å². The molecule has 3 rings (SSSR count). The Kier molecular flexibility index (Phi) is 8.77. The van der Waals surface area contributed by atoms with E-state index in [0.29, 0.717) is 10.0 Å². The number of rotatable bonds is 9. The molecule has 0 spiro atoms. The molecule has 0 aliphatic heterocycles. The topological polar surface area (TPSA) is 86.8 Å². The van der Waals surface area contributed by atoms with E-state index in [-0.39, 0.29) is 23.0 Å². The number of benzene rings is 3. The van der Waals surface area contributed by atoms with Gasteiger partial charge in [0.05, 0.1) is 10.6 Å². The number of hydrogen-bond acceptors (Lipinski definition) is 4. The van der Waals surface area contributed by atoms with Crippen LogP contribution in [0.3, 0.4) is 0 Å². The Labute approximate surface area is 215 Å². The van der Waals surface area contributed by atoms with Crippen LogP contribution in [0, 0.1) is 0 Å². The molecule has 0 aromatic heterocycles. The molecular weight excluding hydrogens is 509 g/mol. The van der Waals surface area contributed by atoms with Gasteiger partial charge in [0.1, 0.15) is 12.6 Å². The van der Waals surface area contributed by atoms with E-state index < -0.39 is 28.5 Å². The third kappa shape index (κ3) is 6.54. The van der Waals surface area contributed by atoms with E-state index in [1.165, 1.54) is 36.2 Å². The SMILES string of the molecule is CNC(=O)[C@H](C)N(Cc1ccc(Cl)cc1)C(=O)CN(c1ccc(Cl)cc1)S(=O)(=O)c1ccccc1. The fraction of sp³-hybridized carbons (Fsp3) is 0.200. The first kappa shape index (κ1) is 26.5. The second-order valence-electron chi connectivity index (χ2n) is 7.74. The molecule has 3 aromatic carbocycles. The van der Waals surface area contributed by atoms with Crippen molar-refractivity contribution in [3.63, 3.8) is 0 Å². The monoisotopic (exact) mass is 533 g/mol. The highest BCUT2D eigenvalue weighted by atomic mass is 35.5. The molecule has 0 unspecified atom stereocenters. The van der Waals surface area contributed by atoms with Crippen LogP contribution in [-0.2, 0) is 26.2 Å². The summed E-state index contributed by atoms with van der Waals surface area (Å²) >= 11 is 12.0. The summed E-state index contributed by atoms with van der Waals surface area (Å²) in [5.41, 5.74) is 1.01. The Balaban J connectivity index is 2.00. The number of nitrogens with zero attached hydrogens (tertiary/aromatic N) is 2. The first-order valence-corrected chi connectivity index (χ1v) is 12.9. The summed E-state index contributed by atoms with van der Waals surface area (Å²) in [5, 5.41) is 3.50. The highest BCUT2D eigenvalue weighted by Gasteiger charge is 2.32. The quantitative estimate of drug-likeness (QED) is 0.442. The summed E-state index contributed by atoms with van der Waals surface area (Å²) in [6.07, 6.45) is 0. The van der Waals surface area contributed by atoms with Gasteiger partial charge < -0.3 is 10.2 Å². The van der Waals surface area contributed by atoms with Gasteiger partial charge in [-0.1, -0.05) is 53.5 Å². The van der Waals surface area contributed by atoms with E-state index in [9.17, 15) is 18.0 Å². The molecule has 0 saturated carbocycles. The molecule has 184 valence electrons. The van der Waals surface area contributed by atoms with Crippen LogP contribution in [0.1, 0.15) is 12.5 Å². The maximum atomic E-state index is 13.6. The minimum atomic E-state index is -4.10. The van der Waals surface area contributed by atoms with Gasteiger partial charge in [0.2, 0.25) is 11.8 Å². The lowest BCUT2D eigenvalue weighted by Crippen LogP contribution is -2.50. The fourth-order valence-electron chi connectivity index (χ4n) is 3.43. The number of sulfonamides is 1. The van der Waals surface area contributed by atoms with E-state index in [2.05, 4.69) is 5.32 Å². The zero-order valence-corrected chi connectivity index (χ0v) is 21.5. The van der Waals surface area contributed by atoms with Crippen molar-refractivity contribution in [2.45, 2.75) is 24.4 Å². The van der Waals surface area contributed by atoms with Crippen LogP contribution in [-0.4, -0.2) is 44.8 Å². The number of amides is 2. The van der Waals surface area contributed by atoms with E-state index in [1.807, 2.05) is 0 Å². The Bertz CT molecular complexity index is 1270. The van der Waals surface area contributed by atoms with Crippen molar-refractivity contribution in [2.75, 3.05) is 17.9 Å². The van der Waals surface area contributed by atoms with Crippen LogP contribution in [0.2, 0.25) is 10.0 Å². The number of carbonyl (C=O) groups excluding carboxylic acids is 2. The van der Waals surface area contributed by atoms with Gasteiger partial charge in [-0.2, -0.15) is 0 Å². The summed E-state index contributed by atoms with van der Waals surface area (Å²) in [6.45, 7) is 1.16. The molecule has 0 heterocycles. The molecule has 1 atom stereocenters. The lowest BCUT2D eigenvalue weighted by Gasteiger charge is -2.31. The van der Waals surface area contributed by atoms with Crippen molar-refractivity contribution in [3.05, 3.63) is 94.5 Å². The van der Waals surface area contributed by atoms with Crippen LogP contribution in [0.25, 0.3) is 0 Å². The Morgan fingerprint density at radius 1 is 0.886 bits per heavy atom. The predicted octanol–water partition coefficient (Wildman–Crippen LogP) is 4.35. The van der Waals surface area contributed by atoms with E-state index in [1.54, 1.807) is 61.5 Å². The van der Waals surface area contributed by atoms with Gasteiger partial charge in [0.25, 0.3) is 10.0 Å². The molecule has 1 N–H and O–H groups in total. The molecule has 0 bridgehead atoms. The average Bonchev–Trinajstić information content (AvgIpc) is 2.87. The second kappa shape index (κ2) is 11.6. The number of halogens is 2. The molecule has 2 amide bonds. The van der Waals surface area contributed by atoms with E-state index in [0.717, 1.165) is 9.87 Å². The van der Waals surface area contributed by atoms with Gasteiger partial charge >= 0.3 is 0 Å². The third-order valence-electron chi connectivity index (χ3n) is 5.40. The molecule has 0 fully saturated rings. The Hall–Kier alpha value is -3.07. The zero-order chi connectivity index (χ0) is 25.6. The molecule has 35 heavy (non-hydrogen) atoms. The average molecular weight is 534 g/mol. The first-order chi connectivity index (χ1) is 16.6. The van der Waals surface area contributed by atoms with Crippen LogP contribution < -0.4 is 9.62 Å². The molecule has 0 aliphatic carbocycles. The second-order valence-corrected chi connectivity index (χ2v) is 10.5. The number of anilines is 1. The zero-order valence-electron chi connectivity index (χ0n) is 19.2. The van der Waals surface area contributed by atoms with Crippen molar-refractivity contribution in [2.24, 2.45) is 0 Å². The van der Waals surface area contributed by atoms with Gasteiger partial charge in [-0.15, -0.1) is 0 Å². The van der Waals surface area contributed by atoms with Crippen molar-refractivity contribution >= 4 is 50.7 Å². The number of hydrogen-bond donors (Lipinski definition) is 1. The summed E-state index contributed by atoms with van der Waals surface area (Å²) < 4.78 is 28.1. The summed E-state index contributed by atoms with van der Waals surface area (Å²) in [5.74, 6) is -0.929. The van der Waals surface area contributed by atoms with Gasteiger partial charge in [-0.05, 0) is 61.0 Å². The maximum Gasteiger partial charge on any atom is 0.264 e. The van der Waals surface area contributed by atoms with E-state index in [4.69, 9.17) is 23.2 Å². The summed E-state index contributed by atoms with van der Waals surface area (Å²) in [7, 11) is -2.62. The maximum absolute atomic E-state index is 13.6. The lowest BCUT2D eigenvalue weighted by atomic mass is 10.1. The van der Waals surface area contributed by atoms with Gasteiger partial charge in [-0.3, -0.25) is 13.9 Å². The van der Waals surface area contributed by atoms with Gasteiger partial charge in [0.15, 0.2) is 0 Å². The molecule has 10 heteroatoms.